The molecule has 0 spiro atoms. The van der Waals surface area contributed by atoms with Crippen LogP contribution in [0.5, 0.6) is 0 Å². The highest BCUT2D eigenvalue weighted by Crippen LogP contribution is 2.36. The van der Waals surface area contributed by atoms with Crippen molar-refractivity contribution < 1.29 is 9.31 Å². The van der Waals surface area contributed by atoms with Gasteiger partial charge < -0.3 is 4.57 Å². The van der Waals surface area contributed by atoms with E-state index >= 15 is 0 Å². The van der Waals surface area contributed by atoms with Gasteiger partial charge in [-0.3, -0.25) is 10.1 Å². The van der Waals surface area contributed by atoms with E-state index in [-0.39, 0.29) is 4.90 Å². The SMILES string of the molecule is O=[N+]([O-])c1c(F)cccc1Sc1nnc2n1CCCCC2. The summed E-state index contributed by atoms with van der Waals surface area (Å²) in [6.45, 7) is 0.799. The number of nitrogens with zero attached hydrogens (tertiary/aromatic N) is 4. The van der Waals surface area contributed by atoms with Crippen molar-refractivity contribution in [1.29, 1.82) is 0 Å². The van der Waals surface area contributed by atoms with Gasteiger partial charge in [-0.1, -0.05) is 12.5 Å². The Morgan fingerprint density at radius 3 is 2.95 bits per heavy atom. The summed E-state index contributed by atoms with van der Waals surface area (Å²) >= 11 is 1.09. The maximum atomic E-state index is 13.6. The Balaban J connectivity index is 1.96. The highest BCUT2D eigenvalue weighted by Gasteiger charge is 2.23. The van der Waals surface area contributed by atoms with E-state index in [4.69, 9.17) is 0 Å². The molecule has 0 N–H and O–H groups in total. The van der Waals surface area contributed by atoms with E-state index in [1.807, 2.05) is 4.57 Å². The fourth-order valence-electron chi connectivity index (χ4n) is 2.39. The quantitative estimate of drug-likeness (QED) is 0.643. The van der Waals surface area contributed by atoms with Gasteiger partial charge in [0.15, 0.2) is 5.16 Å². The number of rotatable bonds is 3. The van der Waals surface area contributed by atoms with Crippen LogP contribution in [0.2, 0.25) is 0 Å². The number of nitro groups is 1. The van der Waals surface area contributed by atoms with E-state index in [2.05, 4.69) is 10.2 Å². The van der Waals surface area contributed by atoms with Crippen molar-refractivity contribution in [2.45, 2.75) is 42.3 Å². The zero-order valence-electron chi connectivity index (χ0n) is 11.2. The Bertz CT molecular complexity index is 689. The number of aromatic nitrogens is 3. The summed E-state index contributed by atoms with van der Waals surface area (Å²) in [6.07, 6.45) is 4.10. The van der Waals surface area contributed by atoms with Crippen molar-refractivity contribution in [2.75, 3.05) is 0 Å². The fourth-order valence-corrected chi connectivity index (χ4v) is 3.39. The van der Waals surface area contributed by atoms with E-state index in [1.165, 1.54) is 12.1 Å². The van der Waals surface area contributed by atoms with Crippen LogP contribution in [-0.4, -0.2) is 19.7 Å². The zero-order chi connectivity index (χ0) is 14.8. The smallest absolute Gasteiger partial charge is 0.306 e. The van der Waals surface area contributed by atoms with Crippen LogP contribution in [0.4, 0.5) is 10.1 Å². The molecule has 0 fully saturated rings. The molecular weight excluding hydrogens is 295 g/mol. The number of hydrogen-bond donors (Lipinski definition) is 0. The second-order valence-electron chi connectivity index (χ2n) is 4.81. The van der Waals surface area contributed by atoms with Crippen molar-refractivity contribution in [1.82, 2.24) is 14.8 Å². The molecule has 0 bridgehead atoms. The summed E-state index contributed by atoms with van der Waals surface area (Å²) in [6, 6.07) is 4.08. The predicted molar refractivity (Wildman–Crippen MR) is 74.8 cm³/mol. The maximum Gasteiger partial charge on any atom is 0.318 e. The predicted octanol–water partition coefficient (Wildman–Crippen LogP) is 3.20. The molecule has 0 radical (unpaired) electrons. The molecule has 0 unspecified atom stereocenters. The van der Waals surface area contributed by atoms with Crippen molar-refractivity contribution in [3.63, 3.8) is 0 Å². The van der Waals surface area contributed by atoms with Gasteiger partial charge in [0, 0.05) is 13.0 Å². The Hall–Kier alpha value is -1.96. The minimum Gasteiger partial charge on any atom is -0.306 e. The average molecular weight is 308 g/mol. The molecular formula is C13H13FN4O2S. The van der Waals surface area contributed by atoms with Crippen LogP contribution in [0.1, 0.15) is 25.1 Å². The Labute approximate surface area is 124 Å². The second kappa shape index (κ2) is 5.80. The van der Waals surface area contributed by atoms with Crippen molar-refractivity contribution in [3.8, 4) is 0 Å². The van der Waals surface area contributed by atoms with Crippen LogP contribution in [0, 0.1) is 15.9 Å². The van der Waals surface area contributed by atoms with Gasteiger partial charge in [0.2, 0.25) is 5.82 Å². The monoisotopic (exact) mass is 308 g/mol. The first-order valence-electron chi connectivity index (χ1n) is 6.69. The third-order valence-electron chi connectivity index (χ3n) is 3.41. The minimum atomic E-state index is -0.833. The van der Waals surface area contributed by atoms with Gasteiger partial charge in [0.25, 0.3) is 0 Å². The molecule has 0 amide bonds. The number of benzene rings is 1. The van der Waals surface area contributed by atoms with E-state index in [0.717, 1.165) is 55.9 Å². The van der Waals surface area contributed by atoms with Crippen LogP contribution in [0.3, 0.4) is 0 Å². The van der Waals surface area contributed by atoms with Crippen LogP contribution < -0.4 is 0 Å². The third-order valence-corrected chi connectivity index (χ3v) is 4.44. The molecule has 1 aliphatic heterocycles. The van der Waals surface area contributed by atoms with Crippen LogP contribution in [-0.2, 0) is 13.0 Å². The van der Waals surface area contributed by atoms with E-state index < -0.39 is 16.4 Å². The molecule has 0 saturated carbocycles. The van der Waals surface area contributed by atoms with E-state index in [1.54, 1.807) is 0 Å². The molecule has 1 aromatic carbocycles. The topological polar surface area (TPSA) is 73.8 Å². The van der Waals surface area contributed by atoms with Crippen molar-refractivity contribution in [2.24, 2.45) is 0 Å². The number of hydrogen-bond acceptors (Lipinski definition) is 5. The van der Waals surface area contributed by atoms with Crippen LogP contribution in [0.15, 0.2) is 28.3 Å². The molecule has 8 heteroatoms. The summed E-state index contributed by atoms with van der Waals surface area (Å²) in [5, 5.41) is 19.8. The molecule has 6 nitrogen and oxygen atoms in total. The molecule has 3 rings (SSSR count). The van der Waals surface area contributed by atoms with Gasteiger partial charge in [-0.15, -0.1) is 10.2 Å². The van der Waals surface area contributed by atoms with E-state index in [0.29, 0.717) is 5.16 Å². The first-order valence-corrected chi connectivity index (χ1v) is 7.51. The number of para-hydroxylation sites is 1. The van der Waals surface area contributed by atoms with Gasteiger partial charge in [0.1, 0.15) is 5.82 Å². The normalized spacial score (nSPS) is 14.5. The Kier molecular flexibility index (Phi) is 3.87. The first kappa shape index (κ1) is 14.0. The largest absolute Gasteiger partial charge is 0.318 e. The standard InChI is InChI=1S/C13H13FN4O2S/c14-9-5-4-6-10(12(9)18(19)20)21-13-16-15-11-7-2-1-3-8-17(11)13/h4-6H,1-3,7-8H2. The maximum absolute atomic E-state index is 13.6. The molecule has 21 heavy (non-hydrogen) atoms. The van der Waals surface area contributed by atoms with E-state index in [9.17, 15) is 14.5 Å². The molecule has 1 aliphatic rings. The first-order chi connectivity index (χ1) is 10.2. The number of halogens is 1. The Morgan fingerprint density at radius 1 is 1.29 bits per heavy atom. The lowest BCUT2D eigenvalue weighted by Crippen LogP contribution is -2.02. The van der Waals surface area contributed by atoms with Gasteiger partial charge in [-0.05, 0) is 36.7 Å². The van der Waals surface area contributed by atoms with Crippen molar-refractivity contribution >= 4 is 17.4 Å². The molecule has 2 heterocycles. The molecule has 2 aromatic rings. The summed E-state index contributed by atoms with van der Waals surface area (Å²) in [7, 11) is 0. The lowest BCUT2D eigenvalue weighted by atomic mass is 10.2. The summed E-state index contributed by atoms with van der Waals surface area (Å²) in [5.41, 5.74) is -0.506. The zero-order valence-corrected chi connectivity index (χ0v) is 12.0. The highest BCUT2D eigenvalue weighted by molar-refractivity contribution is 7.99. The molecule has 110 valence electrons. The van der Waals surface area contributed by atoms with Gasteiger partial charge in [0.05, 0.1) is 9.82 Å². The highest BCUT2D eigenvalue weighted by atomic mass is 32.2. The lowest BCUT2D eigenvalue weighted by molar-refractivity contribution is -0.390. The van der Waals surface area contributed by atoms with Gasteiger partial charge >= 0.3 is 5.69 Å². The number of nitro benzene ring substituents is 1. The van der Waals surface area contributed by atoms with Crippen LogP contribution >= 0.6 is 11.8 Å². The van der Waals surface area contributed by atoms with Crippen molar-refractivity contribution in [3.05, 3.63) is 40.0 Å². The van der Waals surface area contributed by atoms with Gasteiger partial charge in [-0.25, -0.2) is 0 Å². The Morgan fingerprint density at radius 2 is 2.14 bits per heavy atom. The lowest BCUT2D eigenvalue weighted by Gasteiger charge is -2.06. The molecule has 0 atom stereocenters. The van der Waals surface area contributed by atoms with Crippen LogP contribution in [0.25, 0.3) is 0 Å². The number of aryl methyl sites for hydroxylation is 1. The summed E-state index contributed by atoms with van der Waals surface area (Å²) in [4.78, 5) is 10.6. The molecule has 0 saturated heterocycles. The molecule has 0 aliphatic carbocycles. The average Bonchev–Trinajstić information content (AvgIpc) is 2.68. The summed E-state index contributed by atoms with van der Waals surface area (Å²) in [5.74, 6) is 0.0645. The summed E-state index contributed by atoms with van der Waals surface area (Å²) < 4.78 is 15.6. The second-order valence-corrected chi connectivity index (χ2v) is 5.82. The van der Waals surface area contributed by atoms with Gasteiger partial charge in [-0.2, -0.15) is 4.39 Å². The minimum absolute atomic E-state index is 0.249. The fraction of sp³-hybridized carbons (Fsp3) is 0.385. The molecule has 1 aromatic heterocycles. The number of fused-ring (bicyclic) bond motifs is 1. The third kappa shape index (κ3) is 2.76.